The van der Waals surface area contributed by atoms with Gasteiger partial charge in [0.25, 0.3) is 0 Å². The molecule has 55 heavy (non-hydrogen) atoms. The summed E-state index contributed by atoms with van der Waals surface area (Å²) in [5, 5.41) is 0. The van der Waals surface area contributed by atoms with Crippen LogP contribution in [0.5, 0.6) is 0 Å². The van der Waals surface area contributed by atoms with Crippen molar-refractivity contribution >= 4 is 18.1 Å². The van der Waals surface area contributed by atoms with Crippen molar-refractivity contribution in [2.45, 2.75) is 58.7 Å². The summed E-state index contributed by atoms with van der Waals surface area (Å²) in [5.41, 5.74) is 4.83. The van der Waals surface area contributed by atoms with Crippen molar-refractivity contribution in [1.29, 1.82) is 0 Å². The summed E-state index contributed by atoms with van der Waals surface area (Å²) in [5.74, 6) is 0.0257. The second kappa shape index (κ2) is 28.7. The molecule has 0 saturated carbocycles. The number of amides is 2. The van der Waals surface area contributed by atoms with Crippen LogP contribution in [0.4, 0.5) is 0 Å². The molecule has 9 heteroatoms. The van der Waals surface area contributed by atoms with E-state index in [0.29, 0.717) is 72.1 Å². The Morgan fingerprint density at radius 1 is 0.527 bits per heavy atom. The average Bonchev–Trinajstić information content (AvgIpc) is 3.22. The minimum absolute atomic E-state index is 0.0391. The maximum absolute atomic E-state index is 12.9. The van der Waals surface area contributed by atoms with Gasteiger partial charge in [0.1, 0.15) is 6.29 Å². The molecule has 0 aliphatic rings. The molecule has 0 aromatic heterocycles. The van der Waals surface area contributed by atoms with Crippen LogP contribution in [0.2, 0.25) is 0 Å². The number of carbonyl (C=O) groups excluding carboxylic acids is 3. The zero-order valence-corrected chi connectivity index (χ0v) is 32.8. The Hall–Kier alpha value is -4.67. The van der Waals surface area contributed by atoms with E-state index >= 15 is 0 Å². The number of benzene rings is 4. The van der Waals surface area contributed by atoms with E-state index < -0.39 is 6.29 Å². The second-order valence-electron chi connectivity index (χ2n) is 12.9. The Morgan fingerprint density at radius 2 is 0.891 bits per heavy atom. The van der Waals surface area contributed by atoms with Crippen molar-refractivity contribution in [1.82, 2.24) is 9.80 Å². The minimum Gasteiger partial charge on any atom is -0.381 e. The molecular weight excluding hydrogens is 693 g/mol. The number of hydrogen-bond acceptors (Lipinski definition) is 7. The van der Waals surface area contributed by atoms with Gasteiger partial charge < -0.3 is 33.5 Å². The van der Waals surface area contributed by atoms with E-state index in [0.717, 1.165) is 37.5 Å². The predicted molar refractivity (Wildman–Crippen MR) is 218 cm³/mol. The lowest BCUT2D eigenvalue weighted by Crippen LogP contribution is -2.41. The second-order valence-corrected chi connectivity index (χ2v) is 12.9. The fourth-order valence-corrected chi connectivity index (χ4v) is 5.76. The third kappa shape index (κ3) is 20.0. The lowest BCUT2D eigenvalue weighted by atomic mass is 10.1. The Balaban J connectivity index is 0.000000300. The molecule has 4 rings (SSSR count). The van der Waals surface area contributed by atoms with Gasteiger partial charge in [-0.15, -0.1) is 0 Å². The standard InChI is InChI=1S/C25H35NO4.C21H25NO3/c1-3-29-25(30-4-2)21-26(18-15-22-11-7-5-8-12-22)24(27)17-20-28-19-16-23-13-9-6-10-14-23;23-16-15-22(14-11-19-7-3-1-4-8-19)21(24)13-18-25-17-12-20-9-5-2-6-10-20/h5-14,25H,3-4,15-21H2,1-2H3;1-10,16H,11-15,17-18H2. The van der Waals surface area contributed by atoms with E-state index in [-0.39, 0.29) is 18.4 Å². The highest BCUT2D eigenvalue weighted by molar-refractivity contribution is 5.78. The van der Waals surface area contributed by atoms with Gasteiger partial charge in [-0.3, -0.25) is 9.59 Å². The summed E-state index contributed by atoms with van der Waals surface area (Å²) in [7, 11) is 0. The Labute approximate surface area is 328 Å². The van der Waals surface area contributed by atoms with Crippen LogP contribution >= 0.6 is 0 Å². The molecule has 9 nitrogen and oxygen atoms in total. The molecule has 0 spiro atoms. The number of hydrogen-bond donors (Lipinski definition) is 0. The van der Waals surface area contributed by atoms with Gasteiger partial charge >= 0.3 is 0 Å². The Kier molecular flexibility index (Phi) is 23.4. The first-order chi connectivity index (χ1) is 27.0. The molecule has 0 heterocycles. The molecule has 0 unspecified atom stereocenters. The fourth-order valence-electron chi connectivity index (χ4n) is 5.76. The number of ether oxygens (including phenoxy) is 4. The van der Waals surface area contributed by atoms with Gasteiger partial charge in [0, 0.05) is 26.3 Å². The van der Waals surface area contributed by atoms with Crippen molar-refractivity contribution < 1.29 is 33.3 Å². The molecule has 0 aliphatic carbocycles. The van der Waals surface area contributed by atoms with Gasteiger partial charge in [0.05, 0.1) is 52.4 Å². The van der Waals surface area contributed by atoms with Crippen LogP contribution in [0.1, 0.15) is 48.9 Å². The van der Waals surface area contributed by atoms with Gasteiger partial charge in [-0.05, 0) is 61.8 Å². The van der Waals surface area contributed by atoms with Gasteiger partial charge in [-0.1, -0.05) is 121 Å². The minimum atomic E-state index is -0.404. The van der Waals surface area contributed by atoms with E-state index in [2.05, 4.69) is 36.4 Å². The molecule has 2 amide bonds. The summed E-state index contributed by atoms with van der Waals surface area (Å²) in [6.07, 6.45) is 4.26. The molecule has 0 atom stereocenters. The molecule has 4 aromatic carbocycles. The first-order valence-corrected chi connectivity index (χ1v) is 19.6. The molecule has 0 fully saturated rings. The quantitative estimate of drug-likeness (QED) is 0.0387. The van der Waals surface area contributed by atoms with Crippen molar-refractivity contribution in [3.05, 3.63) is 144 Å². The number of rotatable bonds is 26. The molecule has 0 saturated heterocycles. The zero-order valence-electron chi connectivity index (χ0n) is 32.8. The smallest absolute Gasteiger partial charge is 0.225 e. The maximum Gasteiger partial charge on any atom is 0.225 e. The van der Waals surface area contributed by atoms with Crippen LogP contribution in [0.15, 0.2) is 121 Å². The summed E-state index contributed by atoms with van der Waals surface area (Å²) < 4.78 is 22.6. The highest BCUT2D eigenvalue weighted by Gasteiger charge is 2.20. The third-order valence-corrected chi connectivity index (χ3v) is 8.78. The van der Waals surface area contributed by atoms with E-state index in [1.54, 1.807) is 4.90 Å². The number of carbonyl (C=O) groups is 3. The fraction of sp³-hybridized carbons (Fsp3) is 0.413. The SMILES string of the molecule is CCOC(CN(CCc1ccccc1)C(=O)CCOCCc1ccccc1)OCC.O=CCN(CCc1ccccc1)C(=O)CCOCCc1ccccc1. The van der Waals surface area contributed by atoms with Crippen LogP contribution in [-0.4, -0.2) is 100 Å². The average molecular weight is 753 g/mol. The van der Waals surface area contributed by atoms with Crippen LogP contribution in [0, 0.1) is 0 Å². The van der Waals surface area contributed by atoms with Gasteiger partial charge in [0.2, 0.25) is 11.8 Å². The molecule has 296 valence electrons. The molecular formula is C46H60N2O7. The van der Waals surface area contributed by atoms with Crippen LogP contribution in [0.25, 0.3) is 0 Å². The van der Waals surface area contributed by atoms with Crippen molar-refractivity contribution in [2.75, 3.05) is 65.8 Å². The van der Waals surface area contributed by atoms with E-state index in [1.807, 2.05) is 104 Å². The summed E-state index contributed by atoms with van der Waals surface area (Å²) in [6.45, 7) is 8.71. The highest BCUT2D eigenvalue weighted by atomic mass is 16.7. The van der Waals surface area contributed by atoms with Crippen LogP contribution < -0.4 is 0 Å². The lowest BCUT2D eigenvalue weighted by Gasteiger charge is -2.27. The largest absolute Gasteiger partial charge is 0.381 e. The van der Waals surface area contributed by atoms with Crippen molar-refractivity contribution in [3.63, 3.8) is 0 Å². The monoisotopic (exact) mass is 752 g/mol. The first kappa shape index (κ1) is 44.7. The van der Waals surface area contributed by atoms with Crippen molar-refractivity contribution in [3.8, 4) is 0 Å². The maximum atomic E-state index is 12.9. The zero-order chi connectivity index (χ0) is 39.2. The molecule has 0 radical (unpaired) electrons. The van der Waals surface area contributed by atoms with E-state index in [4.69, 9.17) is 18.9 Å². The summed E-state index contributed by atoms with van der Waals surface area (Å²) >= 11 is 0. The predicted octanol–water partition coefficient (Wildman–Crippen LogP) is 7.01. The topological polar surface area (TPSA) is 94.6 Å². The molecule has 0 bridgehead atoms. The van der Waals surface area contributed by atoms with E-state index in [9.17, 15) is 14.4 Å². The Morgan fingerprint density at radius 3 is 1.27 bits per heavy atom. The van der Waals surface area contributed by atoms with Crippen LogP contribution in [0.3, 0.4) is 0 Å². The third-order valence-electron chi connectivity index (χ3n) is 8.78. The van der Waals surface area contributed by atoms with Gasteiger partial charge in [-0.25, -0.2) is 0 Å². The first-order valence-electron chi connectivity index (χ1n) is 19.6. The van der Waals surface area contributed by atoms with Gasteiger partial charge in [0.15, 0.2) is 6.29 Å². The summed E-state index contributed by atoms with van der Waals surface area (Å²) in [6, 6.07) is 40.5. The highest BCUT2D eigenvalue weighted by Crippen LogP contribution is 2.08. The summed E-state index contributed by atoms with van der Waals surface area (Å²) in [4.78, 5) is 39.4. The van der Waals surface area contributed by atoms with Crippen LogP contribution in [-0.2, 0) is 59.0 Å². The van der Waals surface area contributed by atoms with Crippen molar-refractivity contribution in [2.24, 2.45) is 0 Å². The molecule has 4 aromatic rings. The Bertz CT molecular complexity index is 1550. The lowest BCUT2D eigenvalue weighted by molar-refractivity contribution is -0.159. The number of aldehydes is 1. The number of nitrogens with zero attached hydrogens (tertiary/aromatic N) is 2. The van der Waals surface area contributed by atoms with Gasteiger partial charge in [-0.2, -0.15) is 0 Å². The molecule has 0 aliphatic heterocycles. The normalized spacial score (nSPS) is 10.7. The van der Waals surface area contributed by atoms with E-state index in [1.165, 1.54) is 16.7 Å². The molecule has 0 N–H and O–H groups in total.